The summed E-state index contributed by atoms with van der Waals surface area (Å²) in [5, 5.41) is 0.102. The lowest BCUT2D eigenvalue weighted by Gasteiger charge is -2.10. The van der Waals surface area contributed by atoms with Crippen LogP contribution in [0.4, 0.5) is 5.69 Å². The van der Waals surface area contributed by atoms with E-state index >= 15 is 0 Å². The topological polar surface area (TPSA) is 65.2 Å². The van der Waals surface area contributed by atoms with Crippen LogP contribution in [0.5, 0.6) is 0 Å². The monoisotopic (exact) mass is 302 g/mol. The Bertz CT molecular complexity index is 726. The van der Waals surface area contributed by atoms with Gasteiger partial charge in [0.15, 0.2) is 5.69 Å². The first kappa shape index (κ1) is 15.1. The minimum absolute atomic E-state index is 0.0135. The number of aryl methyl sites for hydroxylation is 1. The Morgan fingerprint density at radius 1 is 1.43 bits per heavy atom. The Morgan fingerprint density at radius 2 is 2.14 bits per heavy atom. The van der Waals surface area contributed by atoms with E-state index in [9.17, 15) is 4.79 Å². The summed E-state index contributed by atoms with van der Waals surface area (Å²) in [4.78, 5) is 16.0. The molecule has 5 heteroatoms. The molecule has 2 aromatic rings. The highest BCUT2D eigenvalue weighted by atomic mass is 35.5. The van der Waals surface area contributed by atoms with E-state index in [0.29, 0.717) is 5.69 Å². The highest BCUT2D eigenvalue weighted by Gasteiger charge is 2.17. The number of nitrogen functional groups attached to an aromatic ring is 1. The van der Waals surface area contributed by atoms with Crippen molar-refractivity contribution in [2.45, 2.75) is 6.92 Å². The fourth-order valence-electron chi connectivity index (χ4n) is 1.99. The normalized spacial score (nSPS) is 10.2. The largest absolute Gasteiger partial charge is 0.464 e. The first-order chi connectivity index (χ1) is 9.97. The van der Waals surface area contributed by atoms with E-state index in [1.165, 1.54) is 7.11 Å². The predicted octanol–water partition coefficient (Wildman–Crippen LogP) is 3.72. The summed E-state index contributed by atoms with van der Waals surface area (Å²) in [6, 6.07) is 7.41. The lowest BCUT2D eigenvalue weighted by atomic mass is 10.0. The molecule has 0 radical (unpaired) electrons. The number of carbonyl (C=O) groups is 1. The van der Waals surface area contributed by atoms with Crippen LogP contribution in [0.15, 0.2) is 30.8 Å². The van der Waals surface area contributed by atoms with Gasteiger partial charge in [-0.25, -0.2) is 9.78 Å². The second kappa shape index (κ2) is 5.97. The van der Waals surface area contributed by atoms with Crippen LogP contribution in [0.1, 0.15) is 21.6 Å². The Kier molecular flexibility index (Phi) is 4.29. The molecule has 0 aliphatic carbocycles. The highest BCUT2D eigenvalue weighted by molar-refractivity contribution is 6.35. The average molecular weight is 303 g/mol. The smallest absolute Gasteiger partial charge is 0.358 e. The SMILES string of the molecule is C=Cc1ccc(-c2cc(N)c(Cl)c(C(=O)OC)n2)cc1C. The second-order valence-electron chi connectivity index (χ2n) is 4.53. The van der Waals surface area contributed by atoms with Crippen LogP contribution in [-0.2, 0) is 4.74 Å². The van der Waals surface area contributed by atoms with Gasteiger partial charge in [-0.15, -0.1) is 0 Å². The Morgan fingerprint density at radius 3 is 2.71 bits per heavy atom. The maximum absolute atomic E-state index is 11.7. The maximum Gasteiger partial charge on any atom is 0.358 e. The molecule has 0 spiro atoms. The molecule has 0 amide bonds. The molecular formula is C16H15ClN2O2. The summed E-state index contributed by atoms with van der Waals surface area (Å²) in [5.41, 5.74) is 9.64. The van der Waals surface area contributed by atoms with Crippen molar-refractivity contribution in [1.29, 1.82) is 0 Å². The number of anilines is 1. The molecule has 1 aromatic heterocycles. The Labute approximate surface area is 128 Å². The van der Waals surface area contributed by atoms with Gasteiger partial charge in [0, 0.05) is 5.56 Å². The molecule has 0 aliphatic rings. The van der Waals surface area contributed by atoms with Crippen molar-refractivity contribution in [3.8, 4) is 11.3 Å². The van der Waals surface area contributed by atoms with Gasteiger partial charge in [0.2, 0.25) is 0 Å². The number of ether oxygens (including phenoxy) is 1. The number of hydrogen-bond donors (Lipinski definition) is 1. The summed E-state index contributed by atoms with van der Waals surface area (Å²) < 4.78 is 4.67. The van der Waals surface area contributed by atoms with Crippen molar-refractivity contribution < 1.29 is 9.53 Å². The van der Waals surface area contributed by atoms with Gasteiger partial charge in [-0.3, -0.25) is 0 Å². The van der Waals surface area contributed by atoms with E-state index in [2.05, 4.69) is 16.3 Å². The molecule has 2 rings (SSSR count). The molecule has 0 unspecified atom stereocenters. The third-order valence-corrected chi connectivity index (χ3v) is 3.55. The molecule has 2 N–H and O–H groups in total. The Hall–Kier alpha value is -2.33. The van der Waals surface area contributed by atoms with E-state index in [0.717, 1.165) is 16.7 Å². The standard InChI is InChI=1S/C16H15ClN2O2/c1-4-10-5-6-11(7-9(10)2)13-8-12(18)14(17)15(19-13)16(20)21-3/h4-8H,1H2,2-3H3,(H2,18,19). The van der Waals surface area contributed by atoms with Crippen molar-refractivity contribution in [1.82, 2.24) is 4.98 Å². The fraction of sp³-hybridized carbons (Fsp3) is 0.125. The molecule has 1 heterocycles. The molecule has 21 heavy (non-hydrogen) atoms. The second-order valence-corrected chi connectivity index (χ2v) is 4.90. The van der Waals surface area contributed by atoms with E-state index in [4.69, 9.17) is 17.3 Å². The van der Waals surface area contributed by atoms with Crippen molar-refractivity contribution in [3.63, 3.8) is 0 Å². The van der Waals surface area contributed by atoms with Crippen LogP contribution in [0.2, 0.25) is 5.02 Å². The van der Waals surface area contributed by atoms with Gasteiger partial charge in [0.1, 0.15) is 0 Å². The molecular weight excluding hydrogens is 288 g/mol. The summed E-state index contributed by atoms with van der Waals surface area (Å²) in [6.07, 6.45) is 1.78. The molecule has 0 fully saturated rings. The summed E-state index contributed by atoms with van der Waals surface area (Å²) >= 11 is 6.00. The fourth-order valence-corrected chi connectivity index (χ4v) is 2.17. The molecule has 0 saturated carbocycles. The number of carbonyl (C=O) groups excluding carboxylic acids is 1. The highest BCUT2D eigenvalue weighted by Crippen LogP contribution is 2.29. The lowest BCUT2D eigenvalue weighted by molar-refractivity contribution is 0.0594. The summed E-state index contributed by atoms with van der Waals surface area (Å²) in [6.45, 7) is 5.73. The lowest BCUT2D eigenvalue weighted by Crippen LogP contribution is -2.08. The number of esters is 1. The van der Waals surface area contributed by atoms with Crippen molar-refractivity contribution in [3.05, 3.63) is 52.7 Å². The zero-order valence-corrected chi connectivity index (χ0v) is 12.6. The van der Waals surface area contributed by atoms with Gasteiger partial charge in [-0.2, -0.15) is 0 Å². The zero-order valence-electron chi connectivity index (χ0n) is 11.8. The molecule has 0 atom stereocenters. The molecule has 0 bridgehead atoms. The van der Waals surface area contributed by atoms with E-state index in [1.54, 1.807) is 12.1 Å². The quantitative estimate of drug-likeness (QED) is 0.878. The molecule has 0 aliphatic heterocycles. The zero-order chi connectivity index (χ0) is 15.6. The van der Waals surface area contributed by atoms with Crippen molar-refractivity contribution >= 4 is 29.3 Å². The third kappa shape index (κ3) is 2.90. The minimum atomic E-state index is -0.618. The number of benzene rings is 1. The van der Waals surface area contributed by atoms with Gasteiger partial charge < -0.3 is 10.5 Å². The summed E-state index contributed by atoms with van der Waals surface area (Å²) in [5.74, 6) is -0.618. The molecule has 4 nitrogen and oxygen atoms in total. The minimum Gasteiger partial charge on any atom is -0.464 e. The Balaban J connectivity index is 2.59. The van der Waals surface area contributed by atoms with Gasteiger partial charge >= 0.3 is 5.97 Å². The number of halogens is 1. The maximum atomic E-state index is 11.7. The van der Waals surface area contributed by atoms with Crippen LogP contribution >= 0.6 is 11.6 Å². The van der Waals surface area contributed by atoms with Gasteiger partial charge in [0.25, 0.3) is 0 Å². The number of rotatable bonds is 3. The van der Waals surface area contributed by atoms with Crippen LogP contribution in [0.25, 0.3) is 17.3 Å². The average Bonchev–Trinajstić information content (AvgIpc) is 2.49. The van der Waals surface area contributed by atoms with Crippen molar-refractivity contribution in [2.75, 3.05) is 12.8 Å². The van der Waals surface area contributed by atoms with Crippen LogP contribution < -0.4 is 5.73 Å². The van der Waals surface area contributed by atoms with E-state index in [1.807, 2.05) is 25.1 Å². The van der Waals surface area contributed by atoms with Crippen LogP contribution in [0.3, 0.4) is 0 Å². The van der Waals surface area contributed by atoms with Gasteiger partial charge in [0.05, 0.1) is 23.5 Å². The molecule has 0 saturated heterocycles. The van der Waals surface area contributed by atoms with Crippen LogP contribution in [-0.4, -0.2) is 18.1 Å². The van der Waals surface area contributed by atoms with E-state index in [-0.39, 0.29) is 16.4 Å². The first-order valence-electron chi connectivity index (χ1n) is 6.25. The van der Waals surface area contributed by atoms with Gasteiger partial charge in [-0.05, 0) is 30.2 Å². The number of hydrogen-bond acceptors (Lipinski definition) is 4. The molecule has 1 aromatic carbocycles. The van der Waals surface area contributed by atoms with E-state index < -0.39 is 5.97 Å². The third-order valence-electron chi connectivity index (χ3n) is 3.15. The predicted molar refractivity (Wildman–Crippen MR) is 85.3 cm³/mol. The van der Waals surface area contributed by atoms with Crippen molar-refractivity contribution in [2.24, 2.45) is 0 Å². The number of methoxy groups -OCH3 is 1. The number of nitrogens with two attached hydrogens (primary N) is 1. The number of aromatic nitrogens is 1. The number of pyridine rings is 1. The van der Waals surface area contributed by atoms with Gasteiger partial charge in [-0.1, -0.05) is 36.4 Å². The number of nitrogens with zero attached hydrogens (tertiary/aromatic N) is 1. The molecule has 108 valence electrons. The first-order valence-corrected chi connectivity index (χ1v) is 6.63. The van der Waals surface area contributed by atoms with Crippen LogP contribution in [0, 0.1) is 6.92 Å². The summed E-state index contributed by atoms with van der Waals surface area (Å²) in [7, 11) is 1.27.